The maximum atomic E-state index is 11.9. The monoisotopic (exact) mass is 272 g/mol. The number of rotatable bonds is 4. The Balaban J connectivity index is 2.06. The molecule has 0 spiro atoms. The zero-order valence-electron chi connectivity index (χ0n) is 10.7. The summed E-state index contributed by atoms with van der Waals surface area (Å²) in [6, 6.07) is 4.43. The van der Waals surface area contributed by atoms with E-state index >= 15 is 0 Å². The van der Waals surface area contributed by atoms with Crippen LogP contribution >= 0.6 is 0 Å². The number of aryl methyl sites for hydroxylation is 1. The summed E-state index contributed by atoms with van der Waals surface area (Å²) in [5, 5.41) is 11.5. The zero-order chi connectivity index (χ0) is 14.5. The van der Waals surface area contributed by atoms with Crippen LogP contribution in [0.4, 0.5) is 0 Å². The van der Waals surface area contributed by atoms with Crippen LogP contribution in [0, 0.1) is 6.92 Å². The number of amides is 1. The van der Waals surface area contributed by atoms with Crippen molar-refractivity contribution in [1.29, 1.82) is 0 Å². The van der Waals surface area contributed by atoms with Gasteiger partial charge in [0.15, 0.2) is 0 Å². The summed E-state index contributed by atoms with van der Waals surface area (Å²) in [6.45, 7) is 1.80. The fraction of sp³-hybridized carbons (Fsp3) is 0.154. The van der Waals surface area contributed by atoms with Gasteiger partial charge in [-0.05, 0) is 25.1 Å². The van der Waals surface area contributed by atoms with E-state index in [1.165, 1.54) is 18.5 Å². The van der Waals surface area contributed by atoms with E-state index in [4.69, 9.17) is 5.11 Å². The van der Waals surface area contributed by atoms with Crippen molar-refractivity contribution in [3.05, 3.63) is 53.4 Å². The molecule has 0 bridgehead atoms. The lowest BCUT2D eigenvalue weighted by atomic mass is 10.2. The quantitative estimate of drug-likeness (QED) is 0.853. The Kier molecular flexibility index (Phi) is 3.99. The second-order valence-corrected chi connectivity index (χ2v) is 4.02. The van der Waals surface area contributed by atoms with Gasteiger partial charge in [-0.1, -0.05) is 0 Å². The predicted octanol–water partition coefficient (Wildman–Crippen LogP) is 0.808. The van der Waals surface area contributed by atoms with E-state index < -0.39 is 5.97 Å². The van der Waals surface area contributed by atoms with Crippen LogP contribution < -0.4 is 5.32 Å². The van der Waals surface area contributed by atoms with Crippen LogP contribution in [0.5, 0.6) is 0 Å². The number of aromatic nitrogens is 3. The third kappa shape index (κ3) is 3.14. The highest BCUT2D eigenvalue weighted by molar-refractivity contribution is 5.94. The van der Waals surface area contributed by atoms with Gasteiger partial charge >= 0.3 is 5.97 Å². The van der Waals surface area contributed by atoms with Crippen LogP contribution in [0.25, 0.3) is 0 Å². The maximum Gasteiger partial charge on any atom is 0.337 e. The molecular weight excluding hydrogens is 260 g/mol. The Morgan fingerprint density at radius 3 is 2.70 bits per heavy atom. The van der Waals surface area contributed by atoms with Crippen LogP contribution in [0.2, 0.25) is 0 Å². The molecule has 0 saturated carbocycles. The summed E-state index contributed by atoms with van der Waals surface area (Å²) in [5.74, 6) is -1.45. The van der Waals surface area contributed by atoms with Gasteiger partial charge in [0.2, 0.25) is 0 Å². The Bertz CT molecular complexity index is 643. The number of hydrogen-bond acceptors (Lipinski definition) is 5. The molecular formula is C13H12N4O3. The first-order valence-corrected chi connectivity index (χ1v) is 5.82. The molecule has 7 heteroatoms. The van der Waals surface area contributed by atoms with Gasteiger partial charge in [0, 0.05) is 6.20 Å². The van der Waals surface area contributed by atoms with Gasteiger partial charge in [-0.15, -0.1) is 0 Å². The average molecular weight is 272 g/mol. The van der Waals surface area contributed by atoms with Crippen LogP contribution in [0.1, 0.15) is 32.2 Å². The van der Waals surface area contributed by atoms with Gasteiger partial charge in [0.1, 0.15) is 12.0 Å². The number of carbonyl (C=O) groups excluding carboxylic acids is 1. The van der Waals surface area contributed by atoms with Crippen LogP contribution in [-0.2, 0) is 6.54 Å². The molecule has 0 unspecified atom stereocenters. The van der Waals surface area contributed by atoms with Crippen molar-refractivity contribution in [2.24, 2.45) is 0 Å². The number of nitrogens with one attached hydrogen (secondary N) is 1. The fourth-order valence-electron chi connectivity index (χ4n) is 1.60. The molecule has 0 aliphatic carbocycles. The van der Waals surface area contributed by atoms with Crippen molar-refractivity contribution in [3.63, 3.8) is 0 Å². The molecule has 0 radical (unpaired) electrons. The second-order valence-electron chi connectivity index (χ2n) is 4.02. The molecule has 0 saturated heterocycles. The smallest absolute Gasteiger partial charge is 0.337 e. The Morgan fingerprint density at radius 2 is 2.10 bits per heavy atom. The average Bonchev–Trinajstić information content (AvgIpc) is 2.45. The van der Waals surface area contributed by atoms with Crippen LogP contribution in [-0.4, -0.2) is 31.9 Å². The summed E-state index contributed by atoms with van der Waals surface area (Å²) < 4.78 is 0. The van der Waals surface area contributed by atoms with Crippen molar-refractivity contribution >= 4 is 11.9 Å². The summed E-state index contributed by atoms with van der Waals surface area (Å²) in [7, 11) is 0. The second kappa shape index (κ2) is 5.87. The minimum absolute atomic E-state index is 0.0809. The maximum absolute atomic E-state index is 11.9. The summed E-state index contributed by atoms with van der Waals surface area (Å²) in [4.78, 5) is 34.5. The molecule has 7 nitrogen and oxygen atoms in total. The number of carboxylic acid groups (broad SMARTS) is 1. The Hall–Kier alpha value is -2.83. The van der Waals surface area contributed by atoms with Gasteiger partial charge in [0.05, 0.1) is 23.5 Å². The Labute approximate surface area is 114 Å². The molecule has 2 N–H and O–H groups in total. The molecule has 2 heterocycles. The van der Waals surface area contributed by atoms with Gasteiger partial charge in [0.25, 0.3) is 5.91 Å². The first kappa shape index (κ1) is 13.6. The predicted molar refractivity (Wildman–Crippen MR) is 69.1 cm³/mol. The molecule has 1 amide bonds. The topological polar surface area (TPSA) is 105 Å². The first-order valence-electron chi connectivity index (χ1n) is 5.82. The van der Waals surface area contributed by atoms with E-state index in [2.05, 4.69) is 20.3 Å². The Morgan fingerprint density at radius 1 is 1.30 bits per heavy atom. The number of pyridine rings is 1. The number of carboxylic acids is 1. The summed E-state index contributed by atoms with van der Waals surface area (Å²) in [6.07, 6.45) is 2.98. The van der Waals surface area contributed by atoms with E-state index in [1.54, 1.807) is 19.2 Å². The van der Waals surface area contributed by atoms with Crippen LogP contribution in [0.15, 0.2) is 30.7 Å². The zero-order valence-corrected chi connectivity index (χ0v) is 10.7. The number of hydrogen-bond donors (Lipinski definition) is 2. The third-order valence-corrected chi connectivity index (χ3v) is 2.62. The standard InChI is InChI=1S/C13H12N4O3/c1-8-10(13(19)20)2-3-11(17-8)12(18)15-6-9-4-5-14-7-16-9/h2-5,7H,6H2,1H3,(H,15,18)(H,19,20). The molecule has 2 aromatic heterocycles. The minimum Gasteiger partial charge on any atom is -0.478 e. The SMILES string of the molecule is Cc1nc(C(=O)NCc2ccncn2)ccc1C(=O)O. The highest BCUT2D eigenvalue weighted by Crippen LogP contribution is 2.07. The normalized spacial score (nSPS) is 10.1. The van der Waals surface area contributed by atoms with E-state index in [0.717, 1.165) is 0 Å². The lowest BCUT2D eigenvalue weighted by Crippen LogP contribution is -2.24. The van der Waals surface area contributed by atoms with Crippen molar-refractivity contribution in [2.45, 2.75) is 13.5 Å². The van der Waals surface area contributed by atoms with Crippen molar-refractivity contribution < 1.29 is 14.7 Å². The lowest BCUT2D eigenvalue weighted by molar-refractivity contribution is 0.0694. The van der Waals surface area contributed by atoms with Crippen molar-refractivity contribution in [3.8, 4) is 0 Å². The number of carbonyl (C=O) groups is 2. The molecule has 2 aromatic rings. The van der Waals surface area contributed by atoms with Crippen molar-refractivity contribution in [1.82, 2.24) is 20.3 Å². The number of nitrogens with zero attached hydrogens (tertiary/aromatic N) is 3. The van der Waals surface area contributed by atoms with Gasteiger partial charge in [-0.25, -0.2) is 19.7 Å². The molecule has 0 fully saturated rings. The van der Waals surface area contributed by atoms with Crippen molar-refractivity contribution in [2.75, 3.05) is 0 Å². The summed E-state index contributed by atoms with van der Waals surface area (Å²) in [5.41, 5.74) is 1.22. The van der Waals surface area contributed by atoms with E-state index in [1.807, 2.05) is 0 Å². The fourth-order valence-corrected chi connectivity index (χ4v) is 1.60. The lowest BCUT2D eigenvalue weighted by Gasteiger charge is -2.06. The first-order chi connectivity index (χ1) is 9.58. The van der Waals surface area contributed by atoms with Gasteiger partial charge < -0.3 is 10.4 Å². The van der Waals surface area contributed by atoms with Crippen LogP contribution in [0.3, 0.4) is 0 Å². The molecule has 0 aliphatic heterocycles. The van der Waals surface area contributed by atoms with E-state index in [9.17, 15) is 9.59 Å². The summed E-state index contributed by atoms with van der Waals surface area (Å²) >= 11 is 0. The molecule has 0 atom stereocenters. The van der Waals surface area contributed by atoms with E-state index in [-0.39, 0.29) is 23.7 Å². The molecule has 20 heavy (non-hydrogen) atoms. The molecule has 2 rings (SSSR count). The highest BCUT2D eigenvalue weighted by atomic mass is 16.4. The molecule has 102 valence electrons. The molecule has 0 aromatic carbocycles. The molecule has 0 aliphatic rings. The third-order valence-electron chi connectivity index (χ3n) is 2.62. The highest BCUT2D eigenvalue weighted by Gasteiger charge is 2.12. The largest absolute Gasteiger partial charge is 0.478 e. The van der Waals surface area contributed by atoms with Gasteiger partial charge in [-0.3, -0.25) is 4.79 Å². The van der Waals surface area contributed by atoms with Gasteiger partial charge in [-0.2, -0.15) is 0 Å². The van der Waals surface area contributed by atoms with E-state index in [0.29, 0.717) is 11.4 Å². The number of aromatic carboxylic acids is 1. The minimum atomic E-state index is -1.07.